The van der Waals surface area contributed by atoms with Gasteiger partial charge in [0.2, 0.25) is 0 Å². The number of fused-ring (bicyclic) bond motifs is 1. The lowest BCUT2D eigenvalue weighted by Crippen LogP contribution is -2.39. The van der Waals surface area contributed by atoms with Crippen molar-refractivity contribution in [2.75, 3.05) is 32.9 Å². The maximum Gasteiger partial charge on any atom is 0.100 e. The number of nitrogens with zero attached hydrogens (tertiary/aromatic N) is 5. The van der Waals surface area contributed by atoms with E-state index in [-0.39, 0.29) is 0 Å². The van der Waals surface area contributed by atoms with E-state index in [1.807, 2.05) is 23.9 Å². The van der Waals surface area contributed by atoms with Crippen molar-refractivity contribution in [2.45, 2.75) is 25.5 Å². The van der Waals surface area contributed by atoms with Crippen LogP contribution in [0.15, 0.2) is 24.5 Å². The van der Waals surface area contributed by atoms with Gasteiger partial charge in [-0.2, -0.15) is 0 Å². The van der Waals surface area contributed by atoms with E-state index < -0.39 is 0 Å². The third-order valence-electron chi connectivity index (χ3n) is 5.06. The molecule has 2 atom stereocenters. The molecule has 134 valence electrons. The van der Waals surface area contributed by atoms with Gasteiger partial charge in [-0.1, -0.05) is 5.21 Å². The van der Waals surface area contributed by atoms with E-state index in [0.29, 0.717) is 25.0 Å². The lowest BCUT2D eigenvalue weighted by molar-refractivity contribution is 0.0794. The van der Waals surface area contributed by atoms with Crippen LogP contribution in [0.2, 0.25) is 0 Å². The number of hydrogen-bond acceptors (Lipinski definition) is 6. The number of aromatic nitrogens is 4. The Morgan fingerprint density at radius 1 is 1.32 bits per heavy atom. The molecule has 0 aliphatic carbocycles. The molecule has 0 N–H and O–H groups in total. The van der Waals surface area contributed by atoms with Gasteiger partial charge in [0.1, 0.15) is 5.69 Å². The van der Waals surface area contributed by atoms with Crippen molar-refractivity contribution < 1.29 is 9.47 Å². The van der Waals surface area contributed by atoms with Crippen LogP contribution in [-0.4, -0.2) is 57.8 Å². The Kier molecular flexibility index (Phi) is 5.05. The Morgan fingerprint density at radius 3 is 3.00 bits per heavy atom. The molecule has 4 rings (SSSR count). The summed E-state index contributed by atoms with van der Waals surface area (Å²) in [6, 6.07) is 3.98. The second kappa shape index (κ2) is 7.59. The van der Waals surface area contributed by atoms with Gasteiger partial charge in [-0.15, -0.1) is 5.10 Å². The molecule has 0 saturated carbocycles. The average molecular weight is 343 g/mol. The number of pyridine rings is 1. The molecule has 25 heavy (non-hydrogen) atoms. The minimum atomic E-state index is 0.299. The summed E-state index contributed by atoms with van der Waals surface area (Å²) in [5.41, 5.74) is 3.45. The first-order valence-corrected chi connectivity index (χ1v) is 8.95. The second-order valence-electron chi connectivity index (χ2n) is 7.04. The SMILES string of the molecule is Cn1nnc2c1[C@H](COCc1ccncc1)CN(C[C@H]1CCOC1)C2. The summed E-state index contributed by atoms with van der Waals surface area (Å²) in [7, 11) is 1.97. The van der Waals surface area contributed by atoms with Gasteiger partial charge in [-0.05, 0) is 30.0 Å². The number of aryl methyl sites for hydroxylation is 1. The van der Waals surface area contributed by atoms with Gasteiger partial charge >= 0.3 is 0 Å². The zero-order chi connectivity index (χ0) is 17.1. The van der Waals surface area contributed by atoms with Crippen molar-refractivity contribution in [3.63, 3.8) is 0 Å². The van der Waals surface area contributed by atoms with Crippen LogP contribution in [0.25, 0.3) is 0 Å². The molecule has 4 heterocycles. The van der Waals surface area contributed by atoms with Crippen molar-refractivity contribution in [1.82, 2.24) is 24.9 Å². The highest BCUT2D eigenvalue weighted by molar-refractivity contribution is 5.19. The minimum absolute atomic E-state index is 0.299. The van der Waals surface area contributed by atoms with Crippen LogP contribution in [0, 0.1) is 5.92 Å². The van der Waals surface area contributed by atoms with Gasteiger partial charge < -0.3 is 9.47 Å². The van der Waals surface area contributed by atoms with Gasteiger partial charge in [0, 0.05) is 51.6 Å². The Balaban J connectivity index is 1.40. The Bertz CT molecular complexity index is 684. The summed E-state index contributed by atoms with van der Waals surface area (Å²) >= 11 is 0. The Hall–Kier alpha value is -1.83. The molecule has 1 fully saturated rings. The molecule has 7 nitrogen and oxygen atoms in total. The summed E-state index contributed by atoms with van der Waals surface area (Å²) in [6.45, 7) is 5.99. The maximum absolute atomic E-state index is 6.01. The van der Waals surface area contributed by atoms with Crippen LogP contribution in [0.1, 0.15) is 29.3 Å². The summed E-state index contributed by atoms with van der Waals surface area (Å²) in [5.74, 6) is 0.935. The van der Waals surface area contributed by atoms with Crippen LogP contribution < -0.4 is 0 Å². The quantitative estimate of drug-likeness (QED) is 0.789. The maximum atomic E-state index is 6.01. The van der Waals surface area contributed by atoms with E-state index in [9.17, 15) is 0 Å². The fourth-order valence-corrected chi connectivity index (χ4v) is 3.86. The minimum Gasteiger partial charge on any atom is -0.381 e. The zero-order valence-corrected chi connectivity index (χ0v) is 14.7. The molecule has 2 aliphatic heterocycles. The van der Waals surface area contributed by atoms with Gasteiger partial charge in [0.05, 0.1) is 25.5 Å². The molecular formula is C18H25N5O2. The summed E-state index contributed by atoms with van der Waals surface area (Å²) in [4.78, 5) is 6.53. The van der Waals surface area contributed by atoms with E-state index in [2.05, 4.69) is 20.2 Å². The summed E-state index contributed by atoms with van der Waals surface area (Å²) in [6.07, 6.45) is 4.76. The van der Waals surface area contributed by atoms with Crippen LogP contribution in [-0.2, 0) is 29.7 Å². The van der Waals surface area contributed by atoms with Gasteiger partial charge in [-0.3, -0.25) is 14.6 Å². The second-order valence-corrected chi connectivity index (χ2v) is 7.04. The zero-order valence-electron chi connectivity index (χ0n) is 14.7. The first-order chi connectivity index (χ1) is 12.3. The molecule has 0 amide bonds. The highest BCUT2D eigenvalue weighted by Crippen LogP contribution is 2.28. The van der Waals surface area contributed by atoms with E-state index in [4.69, 9.17) is 9.47 Å². The standard InChI is InChI=1S/C18H25N5O2/c1-22-18-16(13-25-11-14-2-5-19-6-3-14)9-23(10-17(18)20-21-22)8-15-4-7-24-12-15/h2-3,5-6,15-16H,4,7-13H2,1H3/t15-,16+/m1/s1. The first-order valence-electron chi connectivity index (χ1n) is 8.95. The van der Waals surface area contributed by atoms with Crippen molar-refractivity contribution in [3.8, 4) is 0 Å². The molecular weight excluding hydrogens is 318 g/mol. The number of ether oxygens (including phenoxy) is 2. The smallest absolute Gasteiger partial charge is 0.100 e. The van der Waals surface area contributed by atoms with Crippen molar-refractivity contribution >= 4 is 0 Å². The molecule has 0 aromatic carbocycles. The number of rotatable bonds is 6. The van der Waals surface area contributed by atoms with Gasteiger partial charge in [-0.25, -0.2) is 0 Å². The third kappa shape index (κ3) is 3.89. The molecule has 0 bridgehead atoms. The normalized spacial score (nSPS) is 23.7. The molecule has 2 aliphatic rings. The molecule has 0 unspecified atom stereocenters. The molecule has 0 radical (unpaired) electrons. The highest BCUT2D eigenvalue weighted by Gasteiger charge is 2.31. The Morgan fingerprint density at radius 2 is 2.20 bits per heavy atom. The lowest BCUT2D eigenvalue weighted by atomic mass is 9.97. The fourth-order valence-electron chi connectivity index (χ4n) is 3.86. The molecule has 2 aromatic rings. The van der Waals surface area contributed by atoms with E-state index in [0.717, 1.165) is 50.5 Å². The van der Waals surface area contributed by atoms with E-state index >= 15 is 0 Å². The topological polar surface area (TPSA) is 65.3 Å². The largest absolute Gasteiger partial charge is 0.381 e. The Labute approximate surface area is 147 Å². The van der Waals surface area contributed by atoms with Crippen LogP contribution in [0.5, 0.6) is 0 Å². The number of hydrogen-bond donors (Lipinski definition) is 0. The highest BCUT2D eigenvalue weighted by atomic mass is 16.5. The summed E-state index contributed by atoms with van der Waals surface area (Å²) in [5, 5.41) is 8.61. The van der Waals surface area contributed by atoms with Crippen molar-refractivity contribution in [1.29, 1.82) is 0 Å². The first kappa shape index (κ1) is 16.6. The monoisotopic (exact) mass is 343 g/mol. The van der Waals surface area contributed by atoms with Gasteiger partial charge in [0.15, 0.2) is 0 Å². The van der Waals surface area contributed by atoms with Gasteiger partial charge in [0.25, 0.3) is 0 Å². The van der Waals surface area contributed by atoms with E-state index in [1.54, 1.807) is 12.4 Å². The van der Waals surface area contributed by atoms with Crippen molar-refractivity contribution in [2.24, 2.45) is 13.0 Å². The fraction of sp³-hybridized carbons (Fsp3) is 0.611. The van der Waals surface area contributed by atoms with E-state index in [1.165, 1.54) is 5.69 Å². The predicted octanol–water partition coefficient (Wildman–Crippen LogP) is 1.36. The van der Waals surface area contributed by atoms with Crippen molar-refractivity contribution in [3.05, 3.63) is 41.5 Å². The molecule has 2 aromatic heterocycles. The lowest BCUT2D eigenvalue weighted by Gasteiger charge is -2.33. The molecule has 7 heteroatoms. The van der Waals surface area contributed by atoms with Crippen LogP contribution in [0.4, 0.5) is 0 Å². The predicted molar refractivity (Wildman–Crippen MR) is 91.8 cm³/mol. The molecule has 0 spiro atoms. The van der Waals surface area contributed by atoms with Crippen LogP contribution >= 0.6 is 0 Å². The van der Waals surface area contributed by atoms with Crippen LogP contribution in [0.3, 0.4) is 0 Å². The average Bonchev–Trinajstić information content (AvgIpc) is 3.26. The summed E-state index contributed by atoms with van der Waals surface area (Å²) < 4.78 is 13.4. The third-order valence-corrected chi connectivity index (χ3v) is 5.06. The molecule has 1 saturated heterocycles.